The highest BCUT2D eigenvalue weighted by molar-refractivity contribution is 5.72. The van der Waals surface area contributed by atoms with E-state index in [0.29, 0.717) is 5.69 Å². The summed E-state index contributed by atoms with van der Waals surface area (Å²) in [5, 5.41) is 22.7. The van der Waals surface area contributed by atoms with E-state index in [1.54, 1.807) is 12.1 Å². The molecule has 88 valence electrons. The van der Waals surface area contributed by atoms with E-state index in [4.69, 9.17) is 0 Å². The third kappa shape index (κ3) is 2.50. The Balaban J connectivity index is 2.33. The molecule has 2 aromatic carbocycles. The molecule has 0 fully saturated rings. The average molecular weight is 229 g/mol. The fraction of sp³-hybridized carbons (Fsp3) is 0.143. The number of rotatable bonds is 3. The van der Waals surface area contributed by atoms with Gasteiger partial charge in [0.25, 0.3) is 0 Å². The Hall–Kier alpha value is -2.16. The number of phenolic OH excluding ortho intramolecular Hbond substituents is 2. The molecular formula is C14H15NO2. The van der Waals surface area contributed by atoms with Crippen molar-refractivity contribution in [2.45, 2.75) is 13.3 Å². The molecule has 3 heteroatoms. The van der Waals surface area contributed by atoms with Crippen LogP contribution < -0.4 is 5.32 Å². The number of anilines is 2. The number of para-hydroxylation sites is 1. The molecule has 0 spiro atoms. The molecule has 0 aliphatic carbocycles. The number of aromatic hydroxyl groups is 2. The van der Waals surface area contributed by atoms with Crippen molar-refractivity contribution in [2.24, 2.45) is 0 Å². The smallest absolute Gasteiger partial charge is 0.143 e. The molecule has 0 amide bonds. The largest absolute Gasteiger partial charge is 0.506 e. The molecular weight excluding hydrogens is 214 g/mol. The summed E-state index contributed by atoms with van der Waals surface area (Å²) in [5.41, 5.74) is 2.06. The first kappa shape index (κ1) is 11.3. The molecule has 0 atom stereocenters. The molecule has 0 radical (unpaired) electrons. The highest BCUT2D eigenvalue weighted by atomic mass is 16.3. The van der Waals surface area contributed by atoms with Gasteiger partial charge in [0, 0.05) is 5.69 Å². The molecule has 0 aliphatic heterocycles. The third-order valence-electron chi connectivity index (χ3n) is 2.61. The Bertz CT molecular complexity index is 486. The molecule has 3 N–H and O–H groups in total. The first-order chi connectivity index (χ1) is 8.20. The average Bonchev–Trinajstić information content (AvgIpc) is 2.35. The lowest BCUT2D eigenvalue weighted by Gasteiger charge is -2.11. The van der Waals surface area contributed by atoms with Gasteiger partial charge in [0.05, 0.1) is 0 Å². The number of phenols is 2. The fourth-order valence-electron chi connectivity index (χ4n) is 1.67. The van der Waals surface area contributed by atoms with Gasteiger partial charge < -0.3 is 15.5 Å². The van der Waals surface area contributed by atoms with Crippen LogP contribution in [0.3, 0.4) is 0 Å². The summed E-state index contributed by atoms with van der Waals surface area (Å²) < 4.78 is 0. The van der Waals surface area contributed by atoms with Gasteiger partial charge in [0.1, 0.15) is 17.2 Å². The zero-order valence-corrected chi connectivity index (χ0v) is 9.64. The summed E-state index contributed by atoms with van der Waals surface area (Å²) in [6.45, 7) is 1.97. The standard InChI is InChI=1S/C14H15NO2/c1-2-10-8-12(16)14(13(17)9-10)15-11-6-4-3-5-7-11/h3-9,15-17H,2H2,1H3. The normalized spacial score (nSPS) is 10.2. The topological polar surface area (TPSA) is 52.5 Å². The summed E-state index contributed by atoms with van der Waals surface area (Å²) in [5.74, 6) is 0.122. The van der Waals surface area contributed by atoms with Crippen LogP contribution in [0.25, 0.3) is 0 Å². The Kier molecular flexibility index (Phi) is 3.19. The van der Waals surface area contributed by atoms with E-state index in [-0.39, 0.29) is 11.5 Å². The Morgan fingerprint density at radius 1 is 1.00 bits per heavy atom. The second-order valence-corrected chi connectivity index (χ2v) is 3.85. The predicted octanol–water partition coefficient (Wildman–Crippen LogP) is 3.40. The van der Waals surface area contributed by atoms with Crippen LogP contribution in [0.15, 0.2) is 42.5 Å². The van der Waals surface area contributed by atoms with Gasteiger partial charge >= 0.3 is 0 Å². The zero-order valence-electron chi connectivity index (χ0n) is 9.64. The SMILES string of the molecule is CCc1cc(O)c(Nc2ccccc2)c(O)c1. The van der Waals surface area contributed by atoms with Gasteiger partial charge in [0.2, 0.25) is 0 Å². The summed E-state index contributed by atoms with van der Waals surface area (Å²) in [4.78, 5) is 0. The van der Waals surface area contributed by atoms with Gasteiger partial charge in [-0.1, -0.05) is 25.1 Å². The van der Waals surface area contributed by atoms with Crippen LogP contribution in [0.5, 0.6) is 11.5 Å². The van der Waals surface area contributed by atoms with Crippen molar-refractivity contribution >= 4 is 11.4 Å². The van der Waals surface area contributed by atoms with Crippen molar-refractivity contribution in [1.29, 1.82) is 0 Å². The van der Waals surface area contributed by atoms with Crippen LogP contribution in [0.1, 0.15) is 12.5 Å². The maximum absolute atomic E-state index is 9.84. The third-order valence-corrected chi connectivity index (χ3v) is 2.61. The van der Waals surface area contributed by atoms with Gasteiger partial charge in [-0.25, -0.2) is 0 Å². The molecule has 0 saturated carbocycles. The summed E-state index contributed by atoms with van der Waals surface area (Å²) >= 11 is 0. The van der Waals surface area contributed by atoms with Crippen molar-refractivity contribution in [3.05, 3.63) is 48.0 Å². The number of hydrogen-bond donors (Lipinski definition) is 3. The lowest BCUT2D eigenvalue weighted by molar-refractivity contribution is 0.454. The van der Waals surface area contributed by atoms with Crippen LogP contribution in [0.2, 0.25) is 0 Å². The summed E-state index contributed by atoms with van der Waals surface area (Å²) in [7, 11) is 0. The van der Waals surface area contributed by atoms with E-state index in [1.165, 1.54) is 0 Å². The number of benzene rings is 2. The number of hydrogen-bond acceptors (Lipinski definition) is 3. The van der Waals surface area contributed by atoms with E-state index in [1.807, 2.05) is 37.3 Å². The molecule has 2 rings (SSSR count). The molecule has 0 aliphatic rings. The second kappa shape index (κ2) is 4.78. The number of aryl methyl sites for hydroxylation is 1. The van der Waals surface area contributed by atoms with E-state index in [0.717, 1.165) is 17.7 Å². The molecule has 0 unspecified atom stereocenters. The predicted molar refractivity (Wildman–Crippen MR) is 68.9 cm³/mol. The molecule has 0 bridgehead atoms. The zero-order chi connectivity index (χ0) is 12.3. The number of nitrogens with one attached hydrogen (secondary N) is 1. The molecule has 0 heterocycles. The van der Waals surface area contributed by atoms with Crippen LogP contribution in [0.4, 0.5) is 11.4 Å². The maximum atomic E-state index is 9.84. The van der Waals surface area contributed by atoms with Gasteiger partial charge in [-0.3, -0.25) is 0 Å². The van der Waals surface area contributed by atoms with E-state index < -0.39 is 0 Å². The van der Waals surface area contributed by atoms with Crippen LogP contribution in [-0.4, -0.2) is 10.2 Å². The Morgan fingerprint density at radius 2 is 1.59 bits per heavy atom. The quantitative estimate of drug-likeness (QED) is 0.707. The molecule has 17 heavy (non-hydrogen) atoms. The Labute approximate surface area is 100 Å². The summed E-state index contributed by atoms with van der Waals surface area (Å²) in [6, 6.07) is 12.7. The minimum absolute atomic E-state index is 0.0608. The van der Waals surface area contributed by atoms with Crippen molar-refractivity contribution in [3.8, 4) is 11.5 Å². The van der Waals surface area contributed by atoms with Gasteiger partial charge in [-0.05, 0) is 36.2 Å². The van der Waals surface area contributed by atoms with Gasteiger partial charge in [0.15, 0.2) is 0 Å². The van der Waals surface area contributed by atoms with Crippen molar-refractivity contribution in [1.82, 2.24) is 0 Å². The fourth-order valence-corrected chi connectivity index (χ4v) is 1.67. The highest BCUT2D eigenvalue weighted by Crippen LogP contribution is 2.36. The highest BCUT2D eigenvalue weighted by Gasteiger charge is 2.09. The van der Waals surface area contributed by atoms with E-state index >= 15 is 0 Å². The first-order valence-electron chi connectivity index (χ1n) is 5.57. The van der Waals surface area contributed by atoms with Crippen LogP contribution in [0, 0.1) is 0 Å². The lowest BCUT2D eigenvalue weighted by Crippen LogP contribution is -1.92. The van der Waals surface area contributed by atoms with E-state index in [2.05, 4.69) is 5.32 Å². The van der Waals surface area contributed by atoms with E-state index in [9.17, 15) is 10.2 Å². The molecule has 0 aromatic heterocycles. The van der Waals surface area contributed by atoms with Crippen molar-refractivity contribution < 1.29 is 10.2 Å². The minimum atomic E-state index is 0.0608. The molecule has 0 saturated heterocycles. The van der Waals surface area contributed by atoms with Gasteiger partial charge in [-0.2, -0.15) is 0 Å². The first-order valence-corrected chi connectivity index (χ1v) is 5.57. The Morgan fingerprint density at radius 3 is 2.12 bits per heavy atom. The monoisotopic (exact) mass is 229 g/mol. The second-order valence-electron chi connectivity index (χ2n) is 3.85. The minimum Gasteiger partial charge on any atom is -0.506 e. The molecule has 2 aromatic rings. The maximum Gasteiger partial charge on any atom is 0.143 e. The summed E-state index contributed by atoms with van der Waals surface area (Å²) in [6.07, 6.45) is 0.771. The lowest BCUT2D eigenvalue weighted by atomic mass is 10.1. The van der Waals surface area contributed by atoms with Crippen LogP contribution >= 0.6 is 0 Å². The van der Waals surface area contributed by atoms with Crippen LogP contribution in [-0.2, 0) is 6.42 Å². The van der Waals surface area contributed by atoms with Crippen molar-refractivity contribution in [3.63, 3.8) is 0 Å². The van der Waals surface area contributed by atoms with Gasteiger partial charge in [-0.15, -0.1) is 0 Å². The molecule has 3 nitrogen and oxygen atoms in total. The van der Waals surface area contributed by atoms with Crippen molar-refractivity contribution in [2.75, 3.05) is 5.32 Å².